The van der Waals surface area contributed by atoms with Crippen LogP contribution in [-0.4, -0.2) is 27.6 Å². The Morgan fingerprint density at radius 2 is 2.22 bits per heavy atom. The van der Waals surface area contributed by atoms with Gasteiger partial charge in [0.2, 0.25) is 0 Å². The Morgan fingerprint density at radius 3 is 2.89 bits per heavy atom. The minimum atomic E-state index is -0.0198. The van der Waals surface area contributed by atoms with Gasteiger partial charge in [-0.3, -0.25) is 9.48 Å². The minimum Gasteiger partial charge on any atom is -0.379 e. The molecule has 5 nitrogen and oxygen atoms in total. The molecule has 1 saturated heterocycles. The number of hydrogen-bond acceptors (Lipinski definition) is 3. The quantitative estimate of drug-likeness (QED) is 0.773. The summed E-state index contributed by atoms with van der Waals surface area (Å²) < 4.78 is 8.71. The summed E-state index contributed by atoms with van der Waals surface area (Å²) in [6, 6.07) is 2.10. The lowest BCUT2D eigenvalue weighted by molar-refractivity contribution is 0.186. The maximum Gasteiger partial charge on any atom is 0.279 e. The molecule has 2 aromatic rings. The van der Waals surface area contributed by atoms with Gasteiger partial charge >= 0.3 is 0 Å². The van der Waals surface area contributed by atoms with Gasteiger partial charge in [0.15, 0.2) is 5.52 Å². The van der Waals surface area contributed by atoms with Gasteiger partial charge in [-0.1, -0.05) is 13.8 Å². The van der Waals surface area contributed by atoms with Crippen LogP contribution in [-0.2, 0) is 11.8 Å². The summed E-state index contributed by atoms with van der Waals surface area (Å²) in [7, 11) is 1.82. The smallest absolute Gasteiger partial charge is 0.279 e. The fraction of sp³-hybridized carbons (Fsp3) is 0.538. The van der Waals surface area contributed by atoms with Crippen molar-refractivity contribution < 1.29 is 4.74 Å². The molecule has 0 aliphatic carbocycles. The molecule has 3 heterocycles. The van der Waals surface area contributed by atoms with Gasteiger partial charge in [-0.25, -0.2) is 0 Å². The first-order valence-corrected chi connectivity index (χ1v) is 6.38. The largest absolute Gasteiger partial charge is 0.379 e. The van der Waals surface area contributed by atoms with Crippen molar-refractivity contribution in [2.24, 2.45) is 7.05 Å². The van der Waals surface area contributed by atoms with E-state index in [1.807, 2.05) is 39.4 Å². The molecule has 0 amide bonds. The second kappa shape index (κ2) is 5.35. The molecule has 3 rings (SSSR count). The molecule has 0 aromatic carbocycles. The van der Waals surface area contributed by atoms with Crippen LogP contribution in [0.3, 0.4) is 0 Å². The Morgan fingerprint density at radius 1 is 1.44 bits per heavy atom. The third-order valence-corrected chi connectivity index (χ3v) is 3.01. The third kappa shape index (κ3) is 2.18. The van der Waals surface area contributed by atoms with E-state index in [2.05, 4.69) is 5.10 Å². The van der Waals surface area contributed by atoms with Crippen LogP contribution in [0.5, 0.6) is 0 Å². The minimum absolute atomic E-state index is 0.0198. The van der Waals surface area contributed by atoms with Crippen LogP contribution in [0.15, 0.2) is 23.3 Å². The van der Waals surface area contributed by atoms with Crippen molar-refractivity contribution in [2.45, 2.75) is 26.3 Å². The summed E-state index contributed by atoms with van der Waals surface area (Å²) in [6.07, 6.45) is 4.59. The van der Waals surface area contributed by atoms with Crippen molar-refractivity contribution in [2.75, 3.05) is 13.2 Å². The van der Waals surface area contributed by atoms with Crippen LogP contribution < -0.4 is 5.56 Å². The van der Waals surface area contributed by atoms with E-state index in [9.17, 15) is 4.79 Å². The SMILES string of the molecule is CC.Cn1cc2ccn(C3CCOC3)c(=O)c2n1. The fourth-order valence-electron chi connectivity index (χ4n) is 2.17. The van der Waals surface area contributed by atoms with E-state index < -0.39 is 0 Å². The number of rotatable bonds is 1. The molecule has 18 heavy (non-hydrogen) atoms. The highest BCUT2D eigenvalue weighted by atomic mass is 16.5. The molecule has 98 valence electrons. The maximum absolute atomic E-state index is 12.2. The molecule has 0 bridgehead atoms. The van der Waals surface area contributed by atoms with Gasteiger partial charge in [-0.2, -0.15) is 5.10 Å². The number of ether oxygens (including phenoxy) is 1. The molecule has 5 heteroatoms. The molecule has 1 fully saturated rings. The molecule has 2 aromatic heterocycles. The molecular weight excluding hydrogens is 230 g/mol. The maximum atomic E-state index is 12.2. The first-order valence-electron chi connectivity index (χ1n) is 6.38. The predicted octanol–water partition coefficient (Wildman–Crippen LogP) is 1.72. The predicted molar refractivity (Wildman–Crippen MR) is 70.8 cm³/mol. The summed E-state index contributed by atoms with van der Waals surface area (Å²) in [5, 5.41) is 5.08. The van der Waals surface area contributed by atoms with Crippen LogP contribution in [0.4, 0.5) is 0 Å². The van der Waals surface area contributed by atoms with Crippen molar-refractivity contribution in [3.05, 3.63) is 28.8 Å². The zero-order chi connectivity index (χ0) is 13.1. The van der Waals surface area contributed by atoms with E-state index in [0.717, 1.165) is 18.4 Å². The van der Waals surface area contributed by atoms with E-state index in [-0.39, 0.29) is 11.6 Å². The van der Waals surface area contributed by atoms with Gasteiger partial charge in [0.05, 0.1) is 12.6 Å². The summed E-state index contributed by atoms with van der Waals surface area (Å²) >= 11 is 0. The molecule has 0 spiro atoms. The normalized spacial score (nSPS) is 18.7. The number of nitrogens with zero attached hydrogens (tertiary/aromatic N) is 3. The number of hydrogen-bond donors (Lipinski definition) is 0. The van der Waals surface area contributed by atoms with Gasteiger partial charge in [0.25, 0.3) is 5.56 Å². The monoisotopic (exact) mass is 249 g/mol. The number of pyridine rings is 1. The lowest BCUT2D eigenvalue weighted by Gasteiger charge is -2.10. The van der Waals surface area contributed by atoms with Gasteiger partial charge in [0, 0.05) is 31.4 Å². The Kier molecular flexibility index (Phi) is 3.81. The molecule has 1 atom stereocenters. The van der Waals surface area contributed by atoms with Crippen molar-refractivity contribution in [3.8, 4) is 0 Å². The number of aromatic nitrogens is 3. The topological polar surface area (TPSA) is 49.0 Å². The van der Waals surface area contributed by atoms with Gasteiger partial charge in [0.1, 0.15) is 0 Å². The standard InChI is InChI=1S/C11H13N3O2.C2H6/c1-13-6-8-2-4-14(9-3-5-16-7-9)11(15)10(8)12-13;1-2/h2,4,6,9H,3,5,7H2,1H3;1-2H3. The van der Waals surface area contributed by atoms with E-state index >= 15 is 0 Å². The van der Waals surface area contributed by atoms with Crippen LogP contribution >= 0.6 is 0 Å². The average Bonchev–Trinajstić information content (AvgIpc) is 3.01. The van der Waals surface area contributed by atoms with Gasteiger partial charge in [-0.05, 0) is 12.5 Å². The van der Waals surface area contributed by atoms with Crippen molar-refractivity contribution in [1.82, 2.24) is 14.3 Å². The van der Waals surface area contributed by atoms with Crippen molar-refractivity contribution in [3.63, 3.8) is 0 Å². The van der Waals surface area contributed by atoms with E-state index in [1.165, 1.54) is 0 Å². The highest BCUT2D eigenvalue weighted by Crippen LogP contribution is 2.18. The zero-order valence-corrected chi connectivity index (χ0v) is 11.1. The molecule has 0 N–H and O–H groups in total. The van der Waals surface area contributed by atoms with Gasteiger partial charge < -0.3 is 9.30 Å². The third-order valence-electron chi connectivity index (χ3n) is 3.01. The van der Waals surface area contributed by atoms with Crippen LogP contribution in [0.25, 0.3) is 10.9 Å². The van der Waals surface area contributed by atoms with Gasteiger partial charge in [-0.15, -0.1) is 0 Å². The summed E-state index contributed by atoms with van der Waals surface area (Å²) in [6.45, 7) is 5.36. The summed E-state index contributed by atoms with van der Waals surface area (Å²) in [4.78, 5) is 12.2. The van der Waals surface area contributed by atoms with E-state index in [4.69, 9.17) is 4.74 Å². The lowest BCUT2D eigenvalue weighted by Crippen LogP contribution is -2.24. The Bertz CT molecular complexity index is 579. The fourth-order valence-corrected chi connectivity index (χ4v) is 2.17. The molecule has 1 aliphatic rings. The Balaban J connectivity index is 0.000000574. The highest BCUT2D eigenvalue weighted by molar-refractivity contribution is 5.76. The van der Waals surface area contributed by atoms with Crippen LogP contribution in [0.1, 0.15) is 26.3 Å². The second-order valence-corrected chi connectivity index (χ2v) is 4.15. The van der Waals surface area contributed by atoms with E-state index in [0.29, 0.717) is 12.1 Å². The molecule has 1 aliphatic heterocycles. The van der Waals surface area contributed by atoms with Crippen LogP contribution in [0.2, 0.25) is 0 Å². The first kappa shape index (κ1) is 12.8. The molecular formula is C13H19N3O2. The number of fused-ring (bicyclic) bond motifs is 1. The number of aryl methyl sites for hydroxylation is 1. The van der Waals surface area contributed by atoms with Crippen LogP contribution in [0, 0.1) is 0 Å². The van der Waals surface area contributed by atoms with E-state index in [1.54, 1.807) is 9.25 Å². The summed E-state index contributed by atoms with van der Waals surface area (Å²) in [5.41, 5.74) is 0.519. The molecule has 1 unspecified atom stereocenters. The van der Waals surface area contributed by atoms with Crippen molar-refractivity contribution in [1.29, 1.82) is 0 Å². The molecule has 0 radical (unpaired) electrons. The Labute approximate surface area is 106 Å². The second-order valence-electron chi connectivity index (χ2n) is 4.15. The first-order chi connectivity index (χ1) is 8.75. The summed E-state index contributed by atoms with van der Waals surface area (Å²) in [5.74, 6) is 0. The average molecular weight is 249 g/mol. The lowest BCUT2D eigenvalue weighted by atomic mass is 10.2. The Hall–Kier alpha value is -1.62. The van der Waals surface area contributed by atoms with Crippen molar-refractivity contribution >= 4 is 10.9 Å². The zero-order valence-electron chi connectivity index (χ0n) is 11.1. The highest BCUT2D eigenvalue weighted by Gasteiger charge is 2.19. The molecule has 0 saturated carbocycles.